The first-order valence-corrected chi connectivity index (χ1v) is 14.1. The Morgan fingerprint density at radius 3 is 2.45 bits per heavy atom. The van der Waals surface area contributed by atoms with Gasteiger partial charge in [-0.25, -0.2) is 4.39 Å². The Hall–Kier alpha value is -4.60. The molecule has 2 atom stereocenters. The first-order chi connectivity index (χ1) is 20.2. The summed E-state index contributed by atoms with van der Waals surface area (Å²) in [6, 6.07) is 30.4. The molecule has 0 spiro atoms. The van der Waals surface area contributed by atoms with Crippen LogP contribution in [0.2, 0.25) is 5.02 Å². The van der Waals surface area contributed by atoms with Gasteiger partial charge in [0.2, 0.25) is 5.91 Å². The van der Waals surface area contributed by atoms with Crippen molar-refractivity contribution >= 4 is 45.0 Å². The highest BCUT2D eigenvalue weighted by Gasteiger charge is 2.55. The van der Waals surface area contributed by atoms with Crippen molar-refractivity contribution in [3.05, 3.63) is 113 Å². The molecule has 42 heavy (non-hydrogen) atoms. The molecule has 5 nitrogen and oxygen atoms in total. The Labute approximate surface area is 248 Å². The number of carbonyl (C=O) groups excluding carboxylic acids is 2. The van der Waals surface area contributed by atoms with Gasteiger partial charge in [-0.15, -0.1) is 0 Å². The summed E-state index contributed by atoms with van der Waals surface area (Å²) >= 11 is 6.14. The zero-order valence-corrected chi connectivity index (χ0v) is 23.7. The topological polar surface area (TPSA) is 74.1 Å². The maximum Gasteiger partial charge on any atom is 0.224 e. The molecule has 7 heteroatoms. The summed E-state index contributed by atoms with van der Waals surface area (Å²) in [6.07, 6.45) is 1.25. The molecule has 1 fully saturated rings. The number of alkyl halides is 1. The second kappa shape index (κ2) is 10.7. The molecule has 208 valence electrons. The largest absolute Gasteiger partial charge is 0.317 e. The molecule has 0 N–H and O–H groups in total. The fraction of sp³-hybridized carbons (Fsp3) is 0.200. The van der Waals surface area contributed by atoms with Gasteiger partial charge in [0, 0.05) is 41.4 Å². The van der Waals surface area contributed by atoms with Crippen LogP contribution in [0.25, 0.3) is 32.8 Å². The lowest BCUT2D eigenvalue weighted by Gasteiger charge is -2.32. The molecule has 1 aromatic heterocycles. The van der Waals surface area contributed by atoms with Crippen LogP contribution in [-0.2, 0) is 10.3 Å². The SMILES string of the molecule is CC1(F)CN(C(=O)CCC(=O)c2ccnc3ccc(-c4ccc5cc(Cl)ccc5c4)cc23)[C@@](C#N)(c2ccccc2)C1. The highest BCUT2D eigenvalue weighted by molar-refractivity contribution is 6.31. The van der Waals surface area contributed by atoms with Gasteiger partial charge in [-0.2, -0.15) is 5.26 Å². The summed E-state index contributed by atoms with van der Waals surface area (Å²) in [4.78, 5) is 32.7. The van der Waals surface area contributed by atoms with Crippen LogP contribution in [0.3, 0.4) is 0 Å². The predicted molar refractivity (Wildman–Crippen MR) is 163 cm³/mol. The molecule has 5 aromatic rings. The van der Waals surface area contributed by atoms with Crippen molar-refractivity contribution in [2.24, 2.45) is 0 Å². The number of ketones is 1. The number of nitrogens with zero attached hydrogens (tertiary/aromatic N) is 3. The van der Waals surface area contributed by atoms with Crippen molar-refractivity contribution in [1.82, 2.24) is 9.88 Å². The lowest BCUT2D eigenvalue weighted by atomic mass is 9.85. The van der Waals surface area contributed by atoms with Crippen LogP contribution in [0.5, 0.6) is 0 Å². The molecule has 6 rings (SSSR count). The van der Waals surface area contributed by atoms with E-state index < -0.39 is 17.1 Å². The zero-order valence-electron chi connectivity index (χ0n) is 23.0. The molecule has 0 aliphatic carbocycles. The molecule has 0 saturated carbocycles. The molecule has 4 aromatic carbocycles. The average Bonchev–Trinajstić information content (AvgIpc) is 3.31. The van der Waals surface area contributed by atoms with Gasteiger partial charge in [0.15, 0.2) is 11.3 Å². The van der Waals surface area contributed by atoms with Gasteiger partial charge in [-0.3, -0.25) is 14.6 Å². The Morgan fingerprint density at radius 2 is 1.67 bits per heavy atom. The van der Waals surface area contributed by atoms with Gasteiger partial charge in [0.05, 0.1) is 18.1 Å². The number of hydrogen-bond acceptors (Lipinski definition) is 4. The molecule has 0 radical (unpaired) electrons. The van der Waals surface area contributed by atoms with Crippen LogP contribution in [0.4, 0.5) is 4.39 Å². The third-order valence-corrected chi connectivity index (χ3v) is 8.29. The number of aromatic nitrogens is 1. The van der Waals surface area contributed by atoms with E-state index in [9.17, 15) is 14.9 Å². The Morgan fingerprint density at radius 1 is 0.952 bits per heavy atom. The second-order valence-corrected chi connectivity index (χ2v) is 11.6. The number of hydrogen-bond donors (Lipinski definition) is 0. The number of rotatable bonds is 6. The highest BCUT2D eigenvalue weighted by Crippen LogP contribution is 2.45. The number of Topliss-reactive ketones (excluding diaryl/α,β-unsaturated/α-hetero) is 1. The molecular weight excluding hydrogens is 549 g/mol. The van der Waals surface area contributed by atoms with Gasteiger partial charge >= 0.3 is 0 Å². The number of pyridine rings is 1. The molecule has 1 amide bonds. The van der Waals surface area contributed by atoms with E-state index in [2.05, 4.69) is 17.1 Å². The Balaban J connectivity index is 1.26. The van der Waals surface area contributed by atoms with Crippen LogP contribution < -0.4 is 0 Å². The normalized spacial score (nSPS) is 20.1. The summed E-state index contributed by atoms with van der Waals surface area (Å²) in [5.74, 6) is -0.643. The molecule has 1 unspecified atom stereocenters. The smallest absolute Gasteiger partial charge is 0.224 e. The number of benzene rings is 4. The van der Waals surface area contributed by atoms with E-state index in [-0.39, 0.29) is 31.6 Å². The first kappa shape index (κ1) is 27.6. The standard InChI is InChI=1S/C35H27ClFN3O2/c1-34(37)20-35(21-38,27-5-3-2-4-6-27)40(22-34)33(42)14-13-32(41)29-15-16-39-31-12-10-26(19-30(29)31)23-7-8-25-18-28(36)11-9-24(25)17-23/h2-12,15-19H,13-14,20,22H2,1H3/t34?,35-/m0/s1. The van der Waals surface area contributed by atoms with Gasteiger partial charge in [-0.1, -0.05) is 66.2 Å². The minimum Gasteiger partial charge on any atom is -0.317 e. The van der Waals surface area contributed by atoms with Crippen LogP contribution in [0, 0.1) is 11.3 Å². The van der Waals surface area contributed by atoms with Crippen molar-refractivity contribution in [3.63, 3.8) is 0 Å². The van der Waals surface area contributed by atoms with Crippen LogP contribution in [0.1, 0.15) is 42.1 Å². The zero-order chi connectivity index (χ0) is 29.5. The number of nitriles is 1. The number of likely N-dealkylation sites (tertiary alicyclic amines) is 1. The number of carbonyl (C=O) groups is 2. The minimum absolute atomic E-state index is 0.0747. The lowest BCUT2D eigenvalue weighted by Crippen LogP contribution is -2.44. The summed E-state index contributed by atoms with van der Waals surface area (Å²) in [6.45, 7) is 1.20. The molecule has 0 bridgehead atoms. The average molecular weight is 576 g/mol. The Kier molecular flexibility index (Phi) is 7.00. The van der Waals surface area contributed by atoms with E-state index in [1.807, 2.05) is 54.6 Å². The van der Waals surface area contributed by atoms with Gasteiger partial charge in [0.25, 0.3) is 0 Å². The third-order valence-electron chi connectivity index (χ3n) is 8.05. The van der Waals surface area contributed by atoms with E-state index in [4.69, 9.17) is 11.6 Å². The molecular formula is C35H27ClFN3O2. The second-order valence-electron chi connectivity index (χ2n) is 11.1. The monoisotopic (exact) mass is 575 g/mol. The number of amides is 1. The van der Waals surface area contributed by atoms with E-state index in [1.165, 1.54) is 11.8 Å². The van der Waals surface area contributed by atoms with Crippen LogP contribution in [-0.4, -0.2) is 33.8 Å². The molecule has 2 heterocycles. The number of halogens is 2. The van der Waals surface area contributed by atoms with E-state index >= 15 is 4.39 Å². The minimum atomic E-state index is -1.72. The fourth-order valence-corrected chi connectivity index (χ4v) is 6.22. The maximum absolute atomic E-state index is 15.3. The summed E-state index contributed by atoms with van der Waals surface area (Å²) in [7, 11) is 0. The fourth-order valence-electron chi connectivity index (χ4n) is 6.04. The van der Waals surface area contributed by atoms with Crippen molar-refractivity contribution < 1.29 is 14.0 Å². The van der Waals surface area contributed by atoms with Crippen LogP contribution >= 0.6 is 11.6 Å². The molecule has 1 aliphatic heterocycles. The van der Waals surface area contributed by atoms with E-state index in [1.54, 1.807) is 36.5 Å². The van der Waals surface area contributed by atoms with Crippen molar-refractivity contribution in [1.29, 1.82) is 5.26 Å². The summed E-state index contributed by atoms with van der Waals surface area (Å²) in [5.41, 5.74) is 0.474. The van der Waals surface area contributed by atoms with Crippen molar-refractivity contribution in [2.45, 2.75) is 37.4 Å². The van der Waals surface area contributed by atoms with Gasteiger partial charge in [0.1, 0.15) is 5.67 Å². The first-order valence-electron chi connectivity index (χ1n) is 13.8. The van der Waals surface area contributed by atoms with Gasteiger partial charge in [-0.05, 0) is 70.8 Å². The maximum atomic E-state index is 15.3. The van der Waals surface area contributed by atoms with Crippen molar-refractivity contribution in [3.8, 4) is 17.2 Å². The van der Waals surface area contributed by atoms with Crippen LogP contribution in [0.15, 0.2) is 97.2 Å². The lowest BCUT2D eigenvalue weighted by molar-refractivity contribution is -0.134. The summed E-state index contributed by atoms with van der Waals surface area (Å²) in [5, 5.41) is 13.6. The van der Waals surface area contributed by atoms with E-state index in [0.29, 0.717) is 27.1 Å². The summed E-state index contributed by atoms with van der Waals surface area (Å²) < 4.78 is 15.3. The predicted octanol–water partition coefficient (Wildman–Crippen LogP) is 8.05. The molecule has 1 saturated heterocycles. The quantitative estimate of drug-likeness (QED) is 0.192. The highest BCUT2D eigenvalue weighted by atomic mass is 35.5. The number of fused-ring (bicyclic) bond motifs is 2. The Bertz CT molecular complexity index is 1900. The van der Waals surface area contributed by atoms with E-state index in [0.717, 1.165) is 21.9 Å². The molecule has 1 aliphatic rings. The van der Waals surface area contributed by atoms with Crippen molar-refractivity contribution in [2.75, 3.05) is 6.54 Å². The third kappa shape index (κ3) is 5.01. The van der Waals surface area contributed by atoms with Gasteiger partial charge < -0.3 is 4.90 Å².